The predicted octanol–water partition coefficient (Wildman–Crippen LogP) is 6.86. The molecule has 0 saturated heterocycles. The maximum absolute atomic E-state index is 15.7. The molecule has 242 valence electrons. The molecule has 0 bridgehead atoms. The third kappa shape index (κ3) is 7.51. The van der Waals surface area contributed by atoms with Gasteiger partial charge in [-0.3, -0.25) is 0 Å². The molecule has 5 aromatic rings. The monoisotopic (exact) mass is 677 g/mol. The second-order valence-corrected chi connectivity index (χ2v) is 13.4. The molecule has 0 saturated carbocycles. The van der Waals surface area contributed by atoms with Gasteiger partial charge in [0.25, 0.3) is 0 Å². The van der Waals surface area contributed by atoms with E-state index in [-0.39, 0.29) is 29.7 Å². The van der Waals surface area contributed by atoms with Gasteiger partial charge < -0.3 is 20.1 Å². The first kappa shape index (κ1) is 32.3. The molecule has 1 unspecified atom stereocenters. The molecule has 47 heavy (non-hydrogen) atoms. The number of anilines is 2. The lowest BCUT2D eigenvalue weighted by molar-refractivity contribution is 0.0296. The number of ether oxygens (including phenoxy) is 2. The van der Waals surface area contributed by atoms with Crippen molar-refractivity contribution in [1.29, 1.82) is 0 Å². The van der Waals surface area contributed by atoms with Gasteiger partial charge >= 0.3 is 0 Å². The lowest BCUT2D eigenvalue weighted by atomic mass is 9.86. The van der Waals surface area contributed by atoms with Gasteiger partial charge in [0.1, 0.15) is 41.7 Å². The van der Waals surface area contributed by atoms with E-state index in [1.807, 2.05) is 6.08 Å². The Morgan fingerprint density at radius 3 is 2.64 bits per heavy atom. The van der Waals surface area contributed by atoms with Crippen molar-refractivity contribution in [2.75, 3.05) is 24.2 Å². The largest absolute Gasteiger partial charge is 0.490 e. The molecule has 3 heterocycles. The van der Waals surface area contributed by atoms with Crippen LogP contribution in [0.1, 0.15) is 24.0 Å². The number of halogens is 3. The second-order valence-electron chi connectivity index (χ2n) is 10.9. The number of nitrogens with one attached hydrogen (secondary N) is 2. The molecule has 3 aromatic carbocycles. The van der Waals surface area contributed by atoms with Crippen LogP contribution in [0.15, 0.2) is 103 Å². The number of hydrogen-bond acceptors (Lipinski definition) is 9. The molecule has 1 aliphatic rings. The maximum Gasteiger partial charge on any atom is 0.196 e. The minimum absolute atomic E-state index is 0.0267. The fraction of sp³-hybridized carbons (Fsp3) is 0.206. The van der Waals surface area contributed by atoms with E-state index < -0.39 is 21.3 Å². The number of nitrogens with zero attached hydrogens (tertiary/aromatic N) is 3. The molecule has 0 spiro atoms. The number of rotatable bonds is 13. The fourth-order valence-corrected chi connectivity index (χ4v) is 6.70. The zero-order valence-corrected chi connectivity index (χ0v) is 26.6. The van der Waals surface area contributed by atoms with Crippen molar-refractivity contribution < 1.29 is 26.7 Å². The van der Waals surface area contributed by atoms with Crippen LogP contribution in [0.2, 0.25) is 5.02 Å². The summed E-state index contributed by atoms with van der Waals surface area (Å²) in [7, 11) is -3.54. The van der Waals surface area contributed by atoms with Gasteiger partial charge in [0, 0.05) is 48.3 Å². The fourth-order valence-electron chi connectivity index (χ4n) is 5.34. The molecule has 13 heteroatoms. The van der Waals surface area contributed by atoms with Gasteiger partial charge in [0.15, 0.2) is 14.9 Å². The summed E-state index contributed by atoms with van der Waals surface area (Å²) >= 11 is 6.50. The molecule has 0 fully saturated rings. The standard InChI is InChI=1S/C34H30ClF2N5O4S/c35-28-18-25(8-9-31(28)45-21-23-5-3-6-24(36)17-23)42-33-26-19-27(29(37)20-30(26)40-22-41-33)34(10-4-15-46-34)11-13-38-14-16-47(43,44)32-7-1-2-12-39-32/h1-9,12,15,17-20,22,38H,10-11,13-14,16,21H2,(H,40,41,42). The van der Waals surface area contributed by atoms with Crippen LogP contribution in [-0.4, -0.2) is 42.2 Å². The van der Waals surface area contributed by atoms with Crippen LogP contribution in [0, 0.1) is 11.6 Å². The summed E-state index contributed by atoms with van der Waals surface area (Å²) in [4.78, 5) is 12.6. The van der Waals surface area contributed by atoms with E-state index in [1.165, 1.54) is 36.8 Å². The summed E-state index contributed by atoms with van der Waals surface area (Å²) in [5.74, 6) is -0.0997. The van der Waals surface area contributed by atoms with Crippen LogP contribution < -0.4 is 15.4 Å². The quantitative estimate of drug-likeness (QED) is 0.129. The van der Waals surface area contributed by atoms with E-state index >= 15 is 4.39 Å². The molecule has 0 radical (unpaired) electrons. The Bertz CT molecular complexity index is 2020. The summed E-state index contributed by atoms with van der Waals surface area (Å²) in [6.45, 7) is 0.717. The Balaban J connectivity index is 1.16. The molecule has 0 amide bonds. The molecular formula is C34H30ClF2N5O4S. The predicted molar refractivity (Wildman–Crippen MR) is 175 cm³/mol. The number of aromatic nitrogens is 3. The first-order chi connectivity index (χ1) is 22.7. The van der Waals surface area contributed by atoms with Crippen LogP contribution in [0.25, 0.3) is 10.9 Å². The van der Waals surface area contributed by atoms with Crippen LogP contribution >= 0.6 is 11.6 Å². The molecule has 2 aromatic heterocycles. The lowest BCUT2D eigenvalue weighted by Gasteiger charge is -2.30. The SMILES string of the molecule is O=S(=O)(CCNCCC1(c2cc3c(Nc4ccc(OCc5cccc(F)c5)c(Cl)c4)ncnc3cc2F)CC=CO1)c1ccccn1. The first-order valence-corrected chi connectivity index (χ1v) is 16.8. The highest BCUT2D eigenvalue weighted by atomic mass is 35.5. The van der Waals surface area contributed by atoms with Crippen molar-refractivity contribution in [2.45, 2.75) is 30.1 Å². The van der Waals surface area contributed by atoms with Crippen LogP contribution in [0.5, 0.6) is 5.75 Å². The number of pyridine rings is 1. The first-order valence-electron chi connectivity index (χ1n) is 14.8. The van der Waals surface area contributed by atoms with Gasteiger partial charge in [-0.15, -0.1) is 0 Å². The van der Waals surface area contributed by atoms with E-state index in [9.17, 15) is 12.8 Å². The smallest absolute Gasteiger partial charge is 0.196 e. The van der Waals surface area contributed by atoms with E-state index in [2.05, 4.69) is 25.6 Å². The molecule has 0 aliphatic carbocycles. The summed E-state index contributed by atoms with van der Waals surface area (Å²) in [6, 6.07) is 19.0. The Morgan fingerprint density at radius 1 is 0.979 bits per heavy atom. The Morgan fingerprint density at radius 2 is 1.87 bits per heavy atom. The summed E-state index contributed by atoms with van der Waals surface area (Å²) in [5, 5.41) is 7.32. The molecule has 9 nitrogen and oxygen atoms in total. The molecule has 1 atom stereocenters. The van der Waals surface area contributed by atoms with Gasteiger partial charge in [-0.1, -0.05) is 29.8 Å². The highest BCUT2D eigenvalue weighted by Gasteiger charge is 2.38. The highest BCUT2D eigenvalue weighted by molar-refractivity contribution is 7.91. The van der Waals surface area contributed by atoms with Crippen LogP contribution in [-0.2, 0) is 26.8 Å². The van der Waals surface area contributed by atoms with E-state index in [1.54, 1.807) is 54.8 Å². The average molecular weight is 678 g/mol. The van der Waals surface area contributed by atoms with Crippen molar-refractivity contribution in [2.24, 2.45) is 0 Å². The minimum Gasteiger partial charge on any atom is -0.490 e. The van der Waals surface area contributed by atoms with E-state index in [4.69, 9.17) is 21.1 Å². The van der Waals surface area contributed by atoms with Gasteiger partial charge in [0.2, 0.25) is 0 Å². The number of hydrogen-bond donors (Lipinski definition) is 2. The van der Waals surface area contributed by atoms with Gasteiger partial charge in [-0.25, -0.2) is 32.2 Å². The number of fused-ring (bicyclic) bond motifs is 1. The molecular weight excluding hydrogens is 648 g/mol. The van der Waals surface area contributed by atoms with Crippen molar-refractivity contribution >= 4 is 43.8 Å². The van der Waals surface area contributed by atoms with E-state index in [0.717, 1.165) is 0 Å². The van der Waals surface area contributed by atoms with Gasteiger partial charge in [0.05, 0.1) is 22.6 Å². The van der Waals surface area contributed by atoms with Crippen molar-refractivity contribution in [3.8, 4) is 5.75 Å². The molecule has 6 rings (SSSR count). The second kappa shape index (κ2) is 14.0. The third-order valence-corrected chi connectivity index (χ3v) is 9.66. The van der Waals surface area contributed by atoms with Crippen LogP contribution in [0.3, 0.4) is 0 Å². The average Bonchev–Trinajstić information content (AvgIpc) is 3.54. The molecule has 1 aliphatic heterocycles. The number of sulfone groups is 1. The Kier molecular flexibility index (Phi) is 9.62. The zero-order valence-electron chi connectivity index (χ0n) is 25.0. The minimum atomic E-state index is -3.54. The normalized spacial score (nSPS) is 15.9. The highest BCUT2D eigenvalue weighted by Crippen LogP contribution is 2.41. The summed E-state index contributed by atoms with van der Waals surface area (Å²) in [5.41, 5.74) is 0.987. The van der Waals surface area contributed by atoms with Crippen LogP contribution in [0.4, 0.5) is 20.3 Å². The topological polar surface area (TPSA) is 115 Å². The molecule has 2 N–H and O–H groups in total. The summed E-state index contributed by atoms with van der Waals surface area (Å²) < 4.78 is 66.1. The van der Waals surface area contributed by atoms with Gasteiger partial charge in [-0.05, 0) is 66.7 Å². The third-order valence-electron chi connectivity index (χ3n) is 7.74. The van der Waals surface area contributed by atoms with Gasteiger partial charge in [-0.2, -0.15) is 0 Å². The summed E-state index contributed by atoms with van der Waals surface area (Å²) in [6.07, 6.45) is 6.96. The van der Waals surface area contributed by atoms with E-state index in [0.29, 0.717) is 63.7 Å². The number of benzene rings is 3. The lowest BCUT2D eigenvalue weighted by Crippen LogP contribution is -2.33. The van der Waals surface area contributed by atoms with Crippen molar-refractivity contribution in [3.05, 3.63) is 125 Å². The maximum atomic E-state index is 15.7. The van der Waals surface area contributed by atoms with Crippen molar-refractivity contribution in [3.63, 3.8) is 0 Å². The zero-order chi connectivity index (χ0) is 32.9. The van der Waals surface area contributed by atoms with Crippen molar-refractivity contribution in [1.82, 2.24) is 20.3 Å². The Labute approximate surface area is 275 Å². The Hall–Kier alpha value is -4.65.